The SMILES string of the molecule is CC1(C)OB([C@H](CCCc2ccccc2)NC(=O)C(CC(=O)N2CCOCC2)NC(=O)c2cc(Cl)ccc2Cl)OC1(C)C. The van der Waals surface area contributed by atoms with Crippen LogP contribution in [0.1, 0.15) is 62.9 Å². The number of carbonyl (C=O) groups is 3. The van der Waals surface area contributed by atoms with Gasteiger partial charge < -0.3 is 29.6 Å². The van der Waals surface area contributed by atoms with E-state index in [0.717, 1.165) is 12.8 Å². The largest absolute Gasteiger partial charge is 0.481 e. The molecule has 1 unspecified atom stereocenters. The Morgan fingerprint density at radius 3 is 2.26 bits per heavy atom. The van der Waals surface area contributed by atoms with E-state index in [1.54, 1.807) is 11.0 Å². The maximum absolute atomic E-state index is 13.9. The number of rotatable bonds is 11. The van der Waals surface area contributed by atoms with Crippen LogP contribution in [0.5, 0.6) is 0 Å². The number of nitrogens with zero attached hydrogens (tertiary/aromatic N) is 1. The van der Waals surface area contributed by atoms with Gasteiger partial charge in [0.2, 0.25) is 11.8 Å². The summed E-state index contributed by atoms with van der Waals surface area (Å²) >= 11 is 12.4. The molecule has 2 heterocycles. The number of benzene rings is 2. The van der Waals surface area contributed by atoms with Gasteiger partial charge in [-0.1, -0.05) is 53.5 Å². The van der Waals surface area contributed by atoms with Crippen molar-refractivity contribution in [3.05, 3.63) is 69.7 Å². The fourth-order valence-corrected chi connectivity index (χ4v) is 5.39. The van der Waals surface area contributed by atoms with Crippen LogP contribution in [0.25, 0.3) is 0 Å². The lowest BCUT2D eigenvalue weighted by Gasteiger charge is -2.32. The van der Waals surface area contributed by atoms with Gasteiger partial charge in [-0.25, -0.2) is 0 Å². The van der Waals surface area contributed by atoms with Crippen molar-refractivity contribution >= 4 is 48.0 Å². The lowest BCUT2D eigenvalue weighted by Crippen LogP contribution is -2.56. The number of amides is 3. The summed E-state index contributed by atoms with van der Waals surface area (Å²) in [6.45, 7) is 9.47. The predicted octanol–water partition coefficient (Wildman–Crippen LogP) is 4.48. The fourth-order valence-electron chi connectivity index (χ4n) is 5.02. The average molecular weight is 632 g/mol. The monoisotopic (exact) mass is 631 g/mol. The summed E-state index contributed by atoms with van der Waals surface area (Å²) in [6.07, 6.45) is 1.86. The van der Waals surface area contributed by atoms with Gasteiger partial charge in [0, 0.05) is 18.1 Å². The molecule has 2 aromatic rings. The first kappa shape index (κ1) is 33.3. The van der Waals surface area contributed by atoms with Gasteiger partial charge in [0.25, 0.3) is 5.91 Å². The molecular weight excluding hydrogens is 592 g/mol. The molecule has 2 saturated heterocycles. The number of nitrogens with one attached hydrogen (secondary N) is 2. The van der Waals surface area contributed by atoms with Crippen molar-refractivity contribution in [1.29, 1.82) is 0 Å². The number of aryl methyl sites for hydroxylation is 1. The molecule has 2 atom stereocenters. The van der Waals surface area contributed by atoms with Crippen molar-refractivity contribution in [3.63, 3.8) is 0 Å². The molecule has 2 N–H and O–H groups in total. The highest BCUT2D eigenvalue weighted by Gasteiger charge is 2.54. The van der Waals surface area contributed by atoms with E-state index in [0.29, 0.717) is 37.7 Å². The van der Waals surface area contributed by atoms with Gasteiger partial charge in [0.05, 0.1) is 47.4 Å². The van der Waals surface area contributed by atoms with Crippen molar-refractivity contribution in [1.82, 2.24) is 15.5 Å². The standard InChI is InChI=1S/C31H40BCl2N3O6/c1-30(2)31(3,4)43-32(42-30)26(12-8-11-21-9-6-5-7-10-21)36-29(40)25(20-27(38)37-15-17-41-18-16-37)35-28(39)23-19-22(33)13-14-24(23)34/h5-7,9-10,13-14,19,25-26H,8,11-12,15-18,20H2,1-4H3,(H,35,39)(H,36,40)/t25?,26-/m0/s1. The molecule has 0 spiro atoms. The maximum Gasteiger partial charge on any atom is 0.481 e. The number of carbonyl (C=O) groups excluding carboxylic acids is 3. The minimum Gasteiger partial charge on any atom is -0.402 e. The molecule has 9 nitrogen and oxygen atoms in total. The Kier molecular flexibility index (Phi) is 11.2. The number of hydrogen-bond acceptors (Lipinski definition) is 6. The molecule has 3 amide bonds. The predicted molar refractivity (Wildman–Crippen MR) is 167 cm³/mol. The molecule has 0 radical (unpaired) electrons. The lowest BCUT2D eigenvalue weighted by molar-refractivity contribution is -0.138. The Balaban J connectivity index is 1.54. The van der Waals surface area contributed by atoms with Crippen molar-refractivity contribution in [2.45, 2.75) is 76.6 Å². The summed E-state index contributed by atoms with van der Waals surface area (Å²) < 4.78 is 18.0. The van der Waals surface area contributed by atoms with Gasteiger partial charge in [0.1, 0.15) is 6.04 Å². The first-order valence-corrected chi connectivity index (χ1v) is 15.4. The number of halogens is 2. The quantitative estimate of drug-likeness (QED) is 0.354. The van der Waals surface area contributed by atoms with Gasteiger partial charge >= 0.3 is 7.12 Å². The van der Waals surface area contributed by atoms with Crippen LogP contribution in [0.4, 0.5) is 0 Å². The Labute approximate surface area is 264 Å². The van der Waals surface area contributed by atoms with Crippen molar-refractivity contribution < 1.29 is 28.4 Å². The summed E-state index contributed by atoms with van der Waals surface area (Å²) in [5.41, 5.74) is 0.0735. The highest BCUT2D eigenvalue weighted by molar-refractivity contribution is 6.48. The van der Waals surface area contributed by atoms with E-state index < -0.39 is 42.1 Å². The van der Waals surface area contributed by atoms with E-state index in [-0.39, 0.29) is 22.9 Å². The highest BCUT2D eigenvalue weighted by atomic mass is 35.5. The topological polar surface area (TPSA) is 106 Å². The first-order valence-electron chi connectivity index (χ1n) is 14.7. The minimum atomic E-state index is -1.18. The smallest absolute Gasteiger partial charge is 0.402 e. The van der Waals surface area contributed by atoms with Crippen LogP contribution < -0.4 is 10.6 Å². The van der Waals surface area contributed by atoms with E-state index in [1.807, 2.05) is 45.9 Å². The van der Waals surface area contributed by atoms with Gasteiger partial charge in [-0.15, -0.1) is 0 Å². The third kappa shape index (κ3) is 8.73. The molecule has 43 heavy (non-hydrogen) atoms. The molecule has 2 aliphatic rings. The number of ether oxygens (including phenoxy) is 1. The molecule has 12 heteroatoms. The first-order chi connectivity index (χ1) is 20.4. The molecule has 0 aliphatic carbocycles. The molecule has 0 bridgehead atoms. The van der Waals surface area contributed by atoms with E-state index in [4.69, 9.17) is 37.2 Å². The highest BCUT2D eigenvalue weighted by Crippen LogP contribution is 2.38. The third-order valence-electron chi connectivity index (χ3n) is 8.29. The zero-order valence-electron chi connectivity index (χ0n) is 25.2. The van der Waals surface area contributed by atoms with Gasteiger partial charge in [-0.3, -0.25) is 14.4 Å². The second-order valence-corrected chi connectivity index (χ2v) is 12.8. The fraction of sp³-hybridized carbons (Fsp3) is 0.516. The number of hydrogen-bond donors (Lipinski definition) is 2. The average Bonchev–Trinajstić information content (AvgIpc) is 3.20. The van der Waals surface area contributed by atoms with Crippen LogP contribution in [-0.2, 0) is 30.1 Å². The van der Waals surface area contributed by atoms with E-state index >= 15 is 0 Å². The normalized spacial score (nSPS) is 19.0. The lowest BCUT2D eigenvalue weighted by atomic mass is 9.75. The van der Waals surface area contributed by atoms with Crippen LogP contribution in [0, 0.1) is 0 Å². The van der Waals surface area contributed by atoms with Crippen molar-refractivity contribution in [2.24, 2.45) is 0 Å². The van der Waals surface area contributed by atoms with Crippen LogP contribution in [-0.4, -0.2) is 79.2 Å². The van der Waals surface area contributed by atoms with Crippen LogP contribution in [0.15, 0.2) is 48.5 Å². The van der Waals surface area contributed by atoms with Crippen LogP contribution in [0.2, 0.25) is 10.0 Å². The minimum absolute atomic E-state index is 0.108. The molecule has 4 rings (SSSR count). The molecule has 0 saturated carbocycles. The van der Waals surface area contributed by atoms with Crippen molar-refractivity contribution in [3.8, 4) is 0 Å². The molecule has 2 aliphatic heterocycles. The van der Waals surface area contributed by atoms with Crippen LogP contribution in [0.3, 0.4) is 0 Å². The summed E-state index contributed by atoms with van der Waals surface area (Å²) in [7, 11) is -0.724. The third-order valence-corrected chi connectivity index (χ3v) is 8.85. The Morgan fingerprint density at radius 1 is 0.953 bits per heavy atom. The van der Waals surface area contributed by atoms with E-state index in [2.05, 4.69) is 22.8 Å². The molecule has 0 aromatic heterocycles. The Morgan fingerprint density at radius 2 is 1.60 bits per heavy atom. The van der Waals surface area contributed by atoms with Crippen LogP contribution >= 0.6 is 23.2 Å². The zero-order valence-corrected chi connectivity index (χ0v) is 26.7. The summed E-state index contributed by atoms with van der Waals surface area (Å²) in [5.74, 6) is -1.94. The Hall–Kier alpha value is -2.63. The summed E-state index contributed by atoms with van der Waals surface area (Å²) in [4.78, 5) is 42.1. The second kappa shape index (κ2) is 14.4. The molecule has 232 valence electrons. The van der Waals surface area contributed by atoms with Gasteiger partial charge in [0.15, 0.2) is 0 Å². The van der Waals surface area contributed by atoms with E-state index in [1.165, 1.54) is 17.7 Å². The molecular formula is C31H40BCl2N3O6. The van der Waals surface area contributed by atoms with Gasteiger partial charge in [-0.2, -0.15) is 0 Å². The second-order valence-electron chi connectivity index (χ2n) is 12.0. The zero-order chi connectivity index (χ0) is 31.2. The molecule has 2 aromatic carbocycles. The van der Waals surface area contributed by atoms with E-state index in [9.17, 15) is 14.4 Å². The van der Waals surface area contributed by atoms with Crippen molar-refractivity contribution in [2.75, 3.05) is 26.3 Å². The Bertz CT molecular complexity index is 1270. The number of morpholine rings is 1. The van der Waals surface area contributed by atoms with Gasteiger partial charge in [-0.05, 0) is 70.7 Å². The summed E-state index contributed by atoms with van der Waals surface area (Å²) in [6, 6.07) is 13.4. The summed E-state index contributed by atoms with van der Waals surface area (Å²) in [5, 5.41) is 6.28. The maximum atomic E-state index is 13.9. The molecule has 2 fully saturated rings.